The van der Waals surface area contributed by atoms with Gasteiger partial charge in [0.05, 0.1) is 13.0 Å². The van der Waals surface area contributed by atoms with Crippen molar-refractivity contribution in [2.24, 2.45) is 5.73 Å². The van der Waals surface area contributed by atoms with Crippen LogP contribution in [0.15, 0.2) is 18.2 Å². The van der Waals surface area contributed by atoms with E-state index in [9.17, 15) is 17.6 Å². The SMILES string of the molecule is NCc1cccc(F)c1OCCC(F)(F)F. The molecule has 0 saturated heterocycles. The van der Waals surface area contributed by atoms with E-state index in [4.69, 9.17) is 10.5 Å². The minimum absolute atomic E-state index is 0.0130. The van der Waals surface area contributed by atoms with Gasteiger partial charge in [0.15, 0.2) is 11.6 Å². The summed E-state index contributed by atoms with van der Waals surface area (Å²) in [6.07, 6.45) is -5.43. The van der Waals surface area contributed by atoms with Crippen LogP contribution in [-0.2, 0) is 6.54 Å². The summed E-state index contributed by atoms with van der Waals surface area (Å²) in [5.41, 5.74) is 5.66. The Balaban J connectivity index is 2.66. The maximum Gasteiger partial charge on any atom is 0.392 e. The molecule has 0 atom stereocenters. The predicted octanol–water partition coefficient (Wildman–Crippen LogP) is 2.62. The third-order valence-corrected chi connectivity index (χ3v) is 1.90. The van der Waals surface area contributed by atoms with E-state index in [2.05, 4.69) is 0 Å². The number of alkyl halides is 3. The Morgan fingerprint density at radius 2 is 1.94 bits per heavy atom. The van der Waals surface area contributed by atoms with Crippen LogP contribution in [0, 0.1) is 5.82 Å². The molecule has 2 N–H and O–H groups in total. The van der Waals surface area contributed by atoms with Crippen LogP contribution in [0.2, 0.25) is 0 Å². The zero-order valence-electron chi connectivity index (χ0n) is 8.35. The lowest BCUT2D eigenvalue weighted by Gasteiger charge is -2.12. The molecular weight excluding hydrogens is 226 g/mol. The fraction of sp³-hybridized carbons (Fsp3) is 0.400. The van der Waals surface area contributed by atoms with Crippen molar-refractivity contribution >= 4 is 0 Å². The van der Waals surface area contributed by atoms with Crippen molar-refractivity contribution in [1.29, 1.82) is 0 Å². The molecule has 6 heteroatoms. The molecule has 0 fully saturated rings. The van der Waals surface area contributed by atoms with Gasteiger partial charge in [-0.1, -0.05) is 12.1 Å². The van der Waals surface area contributed by atoms with Gasteiger partial charge in [0.2, 0.25) is 0 Å². The van der Waals surface area contributed by atoms with E-state index < -0.39 is 25.0 Å². The van der Waals surface area contributed by atoms with Crippen molar-refractivity contribution in [2.75, 3.05) is 6.61 Å². The number of ether oxygens (including phenoxy) is 1. The highest BCUT2D eigenvalue weighted by Crippen LogP contribution is 2.24. The average molecular weight is 237 g/mol. The normalized spacial score (nSPS) is 11.6. The molecule has 0 amide bonds. The third-order valence-electron chi connectivity index (χ3n) is 1.90. The van der Waals surface area contributed by atoms with E-state index in [1.165, 1.54) is 12.1 Å². The second-order valence-electron chi connectivity index (χ2n) is 3.15. The highest BCUT2D eigenvalue weighted by Gasteiger charge is 2.27. The summed E-state index contributed by atoms with van der Waals surface area (Å²) in [6.45, 7) is -0.601. The monoisotopic (exact) mass is 237 g/mol. The molecule has 90 valence electrons. The van der Waals surface area contributed by atoms with Gasteiger partial charge < -0.3 is 10.5 Å². The third kappa shape index (κ3) is 3.69. The quantitative estimate of drug-likeness (QED) is 0.817. The van der Waals surface area contributed by atoms with Crippen LogP contribution in [0.25, 0.3) is 0 Å². The molecule has 1 aromatic carbocycles. The molecule has 2 nitrogen and oxygen atoms in total. The van der Waals surface area contributed by atoms with Gasteiger partial charge in [-0.2, -0.15) is 13.2 Å². The summed E-state index contributed by atoms with van der Waals surface area (Å²) in [6, 6.07) is 4.04. The Bertz CT molecular complexity index is 351. The first-order valence-corrected chi connectivity index (χ1v) is 4.61. The first-order valence-electron chi connectivity index (χ1n) is 4.61. The van der Waals surface area contributed by atoms with Crippen LogP contribution >= 0.6 is 0 Å². The fourth-order valence-corrected chi connectivity index (χ4v) is 1.14. The second kappa shape index (κ2) is 5.16. The second-order valence-corrected chi connectivity index (χ2v) is 3.15. The Hall–Kier alpha value is -1.30. The van der Waals surface area contributed by atoms with Crippen molar-refractivity contribution in [3.8, 4) is 5.75 Å². The number of hydrogen-bond donors (Lipinski definition) is 1. The smallest absolute Gasteiger partial charge is 0.392 e. The summed E-state index contributed by atoms with van der Waals surface area (Å²) >= 11 is 0. The summed E-state index contributed by atoms with van der Waals surface area (Å²) in [4.78, 5) is 0. The molecule has 0 aliphatic carbocycles. The number of benzene rings is 1. The molecule has 1 aromatic rings. The Kier molecular flexibility index (Phi) is 4.12. The molecule has 0 spiro atoms. The first-order chi connectivity index (χ1) is 7.44. The average Bonchev–Trinajstić information content (AvgIpc) is 2.18. The van der Waals surface area contributed by atoms with E-state index >= 15 is 0 Å². The number of para-hydroxylation sites is 1. The van der Waals surface area contributed by atoms with Crippen molar-refractivity contribution in [1.82, 2.24) is 0 Å². The maximum absolute atomic E-state index is 13.2. The molecular formula is C10H11F4NO. The number of rotatable bonds is 4. The standard InChI is InChI=1S/C10H11F4NO/c11-8-3-1-2-7(6-15)9(8)16-5-4-10(12,13)14/h1-3H,4-6,15H2. The van der Waals surface area contributed by atoms with Gasteiger partial charge in [-0.3, -0.25) is 0 Å². The van der Waals surface area contributed by atoms with Gasteiger partial charge in [-0.05, 0) is 6.07 Å². The van der Waals surface area contributed by atoms with Crippen molar-refractivity contribution in [3.63, 3.8) is 0 Å². The summed E-state index contributed by atoms with van der Waals surface area (Å²) in [7, 11) is 0. The van der Waals surface area contributed by atoms with Gasteiger partial charge in [0, 0.05) is 12.1 Å². The van der Waals surface area contributed by atoms with E-state index in [1.807, 2.05) is 0 Å². The lowest BCUT2D eigenvalue weighted by molar-refractivity contribution is -0.139. The molecule has 0 unspecified atom stereocenters. The molecule has 0 radical (unpaired) electrons. The van der Waals surface area contributed by atoms with Gasteiger partial charge in [0.1, 0.15) is 0 Å². The minimum Gasteiger partial charge on any atom is -0.490 e. The maximum atomic E-state index is 13.2. The Labute approximate surface area is 90.0 Å². The van der Waals surface area contributed by atoms with Crippen molar-refractivity contribution in [2.45, 2.75) is 19.1 Å². The molecule has 0 heterocycles. The van der Waals surface area contributed by atoms with Crippen LogP contribution in [-0.4, -0.2) is 12.8 Å². The topological polar surface area (TPSA) is 35.2 Å². The lowest BCUT2D eigenvalue weighted by Crippen LogP contribution is -2.14. The van der Waals surface area contributed by atoms with Gasteiger partial charge in [0.25, 0.3) is 0 Å². The highest BCUT2D eigenvalue weighted by atomic mass is 19.4. The molecule has 0 aromatic heterocycles. The van der Waals surface area contributed by atoms with E-state index in [0.717, 1.165) is 6.07 Å². The van der Waals surface area contributed by atoms with Crippen LogP contribution in [0.4, 0.5) is 17.6 Å². The molecule has 0 bridgehead atoms. The highest BCUT2D eigenvalue weighted by molar-refractivity contribution is 5.34. The molecule has 0 saturated carbocycles. The van der Waals surface area contributed by atoms with Crippen molar-refractivity contribution < 1.29 is 22.3 Å². The van der Waals surface area contributed by atoms with E-state index in [-0.39, 0.29) is 12.3 Å². The van der Waals surface area contributed by atoms with Crippen LogP contribution < -0.4 is 10.5 Å². The van der Waals surface area contributed by atoms with Gasteiger partial charge >= 0.3 is 6.18 Å². The molecule has 0 aliphatic heterocycles. The Morgan fingerprint density at radius 3 is 2.50 bits per heavy atom. The number of halogens is 4. The zero-order valence-corrected chi connectivity index (χ0v) is 8.35. The number of nitrogens with two attached hydrogens (primary N) is 1. The number of hydrogen-bond acceptors (Lipinski definition) is 2. The Morgan fingerprint density at radius 1 is 1.25 bits per heavy atom. The largest absolute Gasteiger partial charge is 0.490 e. The zero-order chi connectivity index (χ0) is 12.2. The summed E-state index contributed by atoms with van der Waals surface area (Å²) in [5.74, 6) is -0.903. The first kappa shape index (κ1) is 12.8. The van der Waals surface area contributed by atoms with E-state index in [0.29, 0.717) is 5.56 Å². The molecule has 0 aliphatic rings. The lowest BCUT2D eigenvalue weighted by atomic mass is 10.2. The van der Waals surface area contributed by atoms with Crippen LogP contribution in [0.5, 0.6) is 5.75 Å². The molecule has 16 heavy (non-hydrogen) atoms. The van der Waals surface area contributed by atoms with Gasteiger partial charge in [-0.25, -0.2) is 4.39 Å². The summed E-state index contributed by atoms with van der Waals surface area (Å²) in [5, 5.41) is 0. The fourth-order valence-electron chi connectivity index (χ4n) is 1.14. The molecule has 1 rings (SSSR count). The van der Waals surface area contributed by atoms with Crippen LogP contribution in [0.1, 0.15) is 12.0 Å². The van der Waals surface area contributed by atoms with Crippen LogP contribution in [0.3, 0.4) is 0 Å². The minimum atomic E-state index is -4.31. The summed E-state index contributed by atoms with van der Waals surface area (Å²) < 4.78 is 53.5. The van der Waals surface area contributed by atoms with Gasteiger partial charge in [-0.15, -0.1) is 0 Å². The van der Waals surface area contributed by atoms with Crippen molar-refractivity contribution in [3.05, 3.63) is 29.6 Å². The predicted molar refractivity (Wildman–Crippen MR) is 50.5 cm³/mol. The van der Waals surface area contributed by atoms with E-state index in [1.54, 1.807) is 0 Å².